The first-order valence-corrected chi connectivity index (χ1v) is 6.58. The van der Waals surface area contributed by atoms with Crippen LogP contribution in [0.15, 0.2) is 22.8 Å². The molecule has 0 saturated heterocycles. The van der Waals surface area contributed by atoms with Crippen LogP contribution in [0.3, 0.4) is 0 Å². The van der Waals surface area contributed by atoms with Crippen LogP contribution in [-0.4, -0.2) is 6.54 Å². The maximum Gasteiger partial charge on any atom is 0.120 e. The topological polar surface area (TPSA) is 25.2 Å². The molecular weight excluding hydrogens is 198 g/mol. The van der Waals surface area contributed by atoms with Gasteiger partial charge in [0.15, 0.2) is 0 Å². The van der Waals surface area contributed by atoms with E-state index in [1.54, 1.807) is 6.26 Å². The number of nitrogens with one attached hydrogen (secondary N) is 1. The van der Waals surface area contributed by atoms with Gasteiger partial charge >= 0.3 is 0 Å². The van der Waals surface area contributed by atoms with Gasteiger partial charge in [-0.2, -0.15) is 0 Å². The Morgan fingerprint density at radius 3 is 2.69 bits per heavy atom. The minimum absolute atomic E-state index is 0.424. The van der Waals surface area contributed by atoms with Crippen molar-refractivity contribution in [2.45, 2.75) is 45.6 Å². The number of rotatable bonds is 4. The maximum atomic E-state index is 5.57. The van der Waals surface area contributed by atoms with Gasteiger partial charge in [-0.05, 0) is 43.4 Å². The summed E-state index contributed by atoms with van der Waals surface area (Å²) in [5.41, 5.74) is 0. The van der Waals surface area contributed by atoms with Crippen molar-refractivity contribution >= 4 is 0 Å². The summed E-state index contributed by atoms with van der Waals surface area (Å²) < 4.78 is 5.57. The van der Waals surface area contributed by atoms with Crippen molar-refractivity contribution in [3.8, 4) is 0 Å². The molecule has 16 heavy (non-hydrogen) atoms. The van der Waals surface area contributed by atoms with Crippen LogP contribution < -0.4 is 5.32 Å². The third-order valence-corrected chi connectivity index (χ3v) is 3.81. The standard InChI is InChI=1S/C14H23NO/c1-3-15-14(13-5-4-10-16-13)12-8-6-11(2)7-9-12/h4-5,10-12,14-15H,3,6-9H2,1-2H3. The molecule has 1 aromatic heterocycles. The van der Waals surface area contributed by atoms with Crippen LogP contribution in [0.25, 0.3) is 0 Å². The third-order valence-electron chi connectivity index (χ3n) is 3.81. The molecule has 1 saturated carbocycles. The lowest BCUT2D eigenvalue weighted by Crippen LogP contribution is -2.30. The van der Waals surface area contributed by atoms with E-state index in [0.717, 1.165) is 24.1 Å². The zero-order valence-electron chi connectivity index (χ0n) is 10.4. The van der Waals surface area contributed by atoms with E-state index in [1.807, 2.05) is 6.07 Å². The smallest absolute Gasteiger partial charge is 0.120 e. The van der Waals surface area contributed by atoms with Gasteiger partial charge in [-0.1, -0.05) is 26.7 Å². The normalized spacial score (nSPS) is 27.9. The van der Waals surface area contributed by atoms with E-state index in [1.165, 1.54) is 25.7 Å². The Labute approximate surface area is 98.4 Å². The minimum atomic E-state index is 0.424. The SMILES string of the molecule is CCNC(c1ccco1)C1CCC(C)CC1. The van der Waals surface area contributed by atoms with Gasteiger partial charge in [0.05, 0.1) is 12.3 Å². The van der Waals surface area contributed by atoms with Crippen LogP contribution in [0, 0.1) is 11.8 Å². The first-order valence-electron chi connectivity index (χ1n) is 6.58. The molecular formula is C14H23NO. The second-order valence-corrected chi connectivity index (χ2v) is 5.07. The number of furan rings is 1. The Morgan fingerprint density at radius 2 is 2.12 bits per heavy atom. The molecule has 0 bridgehead atoms. The van der Waals surface area contributed by atoms with E-state index >= 15 is 0 Å². The fraction of sp³-hybridized carbons (Fsp3) is 0.714. The van der Waals surface area contributed by atoms with Crippen molar-refractivity contribution in [3.05, 3.63) is 24.2 Å². The van der Waals surface area contributed by atoms with E-state index in [-0.39, 0.29) is 0 Å². The maximum absolute atomic E-state index is 5.57. The first-order chi connectivity index (χ1) is 7.81. The molecule has 0 radical (unpaired) electrons. The van der Waals surface area contributed by atoms with Gasteiger partial charge < -0.3 is 9.73 Å². The molecule has 2 rings (SSSR count). The number of hydrogen-bond acceptors (Lipinski definition) is 2. The summed E-state index contributed by atoms with van der Waals surface area (Å²) >= 11 is 0. The first kappa shape index (κ1) is 11.7. The monoisotopic (exact) mass is 221 g/mol. The summed E-state index contributed by atoms with van der Waals surface area (Å²) in [6, 6.07) is 4.52. The van der Waals surface area contributed by atoms with Crippen molar-refractivity contribution in [2.24, 2.45) is 11.8 Å². The van der Waals surface area contributed by atoms with Gasteiger partial charge in [-0.25, -0.2) is 0 Å². The molecule has 1 aliphatic carbocycles. The molecule has 1 N–H and O–H groups in total. The Kier molecular flexibility index (Phi) is 4.05. The summed E-state index contributed by atoms with van der Waals surface area (Å²) in [7, 11) is 0. The van der Waals surface area contributed by atoms with E-state index in [4.69, 9.17) is 4.42 Å². The van der Waals surface area contributed by atoms with Crippen LogP contribution in [0.5, 0.6) is 0 Å². The van der Waals surface area contributed by atoms with Crippen LogP contribution in [0.4, 0.5) is 0 Å². The molecule has 1 aromatic rings. The molecule has 1 fully saturated rings. The highest BCUT2D eigenvalue weighted by molar-refractivity contribution is 5.06. The molecule has 0 spiro atoms. The van der Waals surface area contributed by atoms with Gasteiger partial charge in [0.1, 0.15) is 5.76 Å². The lowest BCUT2D eigenvalue weighted by atomic mass is 9.78. The van der Waals surface area contributed by atoms with Crippen LogP contribution in [-0.2, 0) is 0 Å². The summed E-state index contributed by atoms with van der Waals surface area (Å²) in [5.74, 6) is 2.78. The summed E-state index contributed by atoms with van der Waals surface area (Å²) in [6.07, 6.45) is 7.19. The minimum Gasteiger partial charge on any atom is -0.468 e. The molecule has 2 nitrogen and oxygen atoms in total. The van der Waals surface area contributed by atoms with Crippen molar-refractivity contribution in [1.29, 1.82) is 0 Å². The highest BCUT2D eigenvalue weighted by Crippen LogP contribution is 2.36. The average Bonchev–Trinajstić information content (AvgIpc) is 2.81. The van der Waals surface area contributed by atoms with Crippen LogP contribution in [0.2, 0.25) is 0 Å². The fourth-order valence-electron chi connectivity index (χ4n) is 2.81. The van der Waals surface area contributed by atoms with E-state index in [0.29, 0.717) is 6.04 Å². The van der Waals surface area contributed by atoms with Crippen molar-refractivity contribution < 1.29 is 4.42 Å². The van der Waals surface area contributed by atoms with E-state index in [9.17, 15) is 0 Å². The van der Waals surface area contributed by atoms with Crippen LogP contribution in [0.1, 0.15) is 51.3 Å². The molecule has 90 valence electrons. The molecule has 2 heteroatoms. The van der Waals surface area contributed by atoms with Crippen LogP contribution >= 0.6 is 0 Å². The summed E-state index contributed by atoms with van der Waals surface area (Å²) in [4.78, 5) is 0. The van der Waals surface area contributed by atoms with Crippen molar-refractivity contribution in [1.82, 2.24) is 5.32 Å². The van der Waals surface area contributed by atoms with E-state index < -0.39 is 0 Å². The van der Waals surface area contributed by atoms with Gasteiger partial charge in [-0.15, -0.1) is 0 Å². The Balaban J connectivity index is 2.02. The molecule has 1 aliphatic rings. The lowest BCUT2D eigenvalue weighted by molar-refractivity contribution is 0.214. The fourth-order valence-corrected chi connectivity index (χ4v) is 2.81. The highest BCUT2D eigenvalue weighted by atomic mass is 16.3. The summed E-state index contributed by atoms with van der Waals surface area (Å²) in [6.45, 7) is 5.55. The molecule has 0 amide bonds. The molecule has 0 aromatic carbocycles. The summed E-state index contributed by atoms with van der Waals surface area (Å²) in [5, 5.41) is 3.58. The van der Waals surface area contributed by atoms with Gasteiger partial charge in [0.25, 0.3) is 0 Å². The molecule has 0 aliphatic heterocycles. The van der Waals surface area contributed by atoms with Crippen molar-refractivity contribution in [3.63, 3.8) is 0 Å². The Morgan fingerprint density at radius 1 is 1.38 bits per heavy atom. The molecule has 1 unspecified atom stereocenters. The predicted molar refractivity (Wildman–Crippen MR) is 66.2 cm³/mol. The van der Waals surface area contributed by atoms with Gasteiger partial charge in [0, 0.05) is 0 Å². The van der Waals surface area contributed by atoms with E-state index in [2.05, 4.69) is 25.2 Å². The largest absolute Gasteiger partial charge is 0.468 e. The van der Waals surface area contributed by atoms with Crippen molar-refractivity contribution in [2.75, 3.05) is 6.54 Å². The Hall–Kier alpha value is -0.760. The van der Waals surface area contributed by atoms with Gasteiger partial charge in [-0.3, -0.25) is 0 Å². The second kappa shape index (κ2) is 5.53. The second-order valence-electron chi connectivity index (χ2n) is 5.07. The van der Waals surface area contributed by atoms with Gasteiger partial charge in [0.2, 0.25) is 0 Å². The molecule has 1 atom stereocenters. The highest BCUT2D eigenvalue weighted by Gasteiger charge is 2.28. The average molecular weight is 221 g/mol. The zero-order chi connectivity index (χ0) is 11.4. The number of hydrogen-bond donors (Lipinski definition) is 1. The molecule has 1 heterocycles. The predicted octanol–water partition coefficient (Wildman–Crippen LogP) is 3.76. The quantitative estimate of drug-likeness (QED) is 0.837. The lowest BCUT2D eigenvalue weighted by Gasteiger charge is -2.32. The third kappa shape index (κ3) is 2.67. The Bertz CT molecular complexity index is 286. The zero-order valence-corrected chi connectivity index (χ0v) is 10.4.